The number of aliphatic hydroxyl groups excluding tert-OH is 1. The lowest BCUT2D eigenvalue weighted by atomic mass is 10.1. The number of aliphatic hydroxyl groups is 1. The van der Waals surface area contributed by atoms with Crippen LogP contribution in [0.15, 0.2) is 28.7 Å². The first-order chi connectivity index (χ1) is 5.94. The summed E-state index contributed by atoms with van der Waals surface area (Å²) < 4.78 is 38.2. The van der Waals surface area contributed by atoms with Gasteiger partial charge in [-0.1, -0.05) is 28.1 Å². The maximum Gasteiger partial charge on any atom is 0.327 e. The van der Waals surface area contributed by atoms with Crippen LogP contribution >= 0.6 is 15.9 Å². The molecule has 0 aliphatic carbocycles. The highest BCUT2D eigenvalue weighted by atomic mass is 79.9. The molecule has 13 heavy (non-hydrogen) atoms. The van der Waals surface area contributed by atoms with Gasteiger partial charge in [0.25, 0.3) is 6.36 Å². The Bertz CT molecular complexity index is 284. The highest BCUT2D eigenvalue weighted by molar-refractivity contribution is 9.10. The van der Waals surface area contributed by atoms with Crippen LogP contribution in [0.5, 0.6) is 0 Å². The van der Waals surface area contributed by atoms with Crippen molar-refractivity contribution in [2.24, 2.45) is 0 Å². The number of hydrogen-bond donors (Lipinski definition) is 1. The molecule has 0 bridgehead atoms. The van der Waals surface area contributed by atoms with Crippen LogP contribution in [0.3, 0.4) is 0 Å². The zero-order valence-electron chi connectivity index (χ0n) is 6.35. The molecule has 1 nitrogen and oxygen atoms in total. The lowest BCUT2D eigenvalue weighted by Crippen LogP contribution is -2.26. The molecule has 0 saturated heterocycles. The van der Waals surface area contributed by atoms with Crippen molar-refractivity contribution in [1.29, 1.82) is 0 Å². The van der Waals surface area contributed by atoms with Crippen LogP contribution in [0.1, 0.15) is 5.56 Å². The van der Waals surface area contributed by atoms with Gasteiger partial charge in [-0.25, -0.2) is 4.39 Å². The largest absolute Gasteiger partial charge is 0.359 e. The van der Waals surface area contributed by atoms with E-state index in [4.69, 9.17) is 5.11 Å². The summed E-state index contributed by atoms with van der Waals surface area (Å²) in [4.78, 5) is 0. The van der Waals surface area contributed by atoms with Crippen molar-refractivity contribution in [3.05, 3.63) is 34.3 Å². The fourth-order valence-electron chi connectivity index (χ4n) is 0.810. The van der Waals surface area contributed by atoms with E-state index >= 15 is 0 Å². The Morgan fingerprint density at radius 2 is 1.69 bits per heavy atom. The summed E-state index contributed by atoms with van der Waals surface area (Å²) in [5, 5.41) is 8.17. The molecule has 0 spiro atoms. The van der Waals surface area contributed by atoms with E-state index in [1.807, 2.05) is 0 Å². The van der Waals surface area contributed by atoms with Crippen LogP contribution in [-0.2, 0) is 5.92 Å². The second-order valence-electron chi connectivity index (χ2n) is 2.47. The molecule has 72 valence electrons. The van der Waals surface area contributed by atoms with E-state index in [1.54, 1.807) is 0 Å². The number of benzene rings is 1. The van der Waals surface area contributed by atoms with Crippen LogP contribution < -0.4 is 0 Å². The van der Waals surface area contributed by atoms with Gasteiger partial charge in [0.2, 0.25) is 0 Å². The van der Waals surface area contributed by atoms with Crippen LogP contribution in [0.4, 0.5) is 13.2 Å². The van der Waals surface area contributed by atoms with Crippen molar-refractivity contribution in [1.82, 2.24) is 0 Å². The molecule has 0 radical (unpaired) electrons. The predicted octanol–water partition coefficient (Wildman–Crippen LogP) is 2.83. The Morgan fingerprint density at radius 1 is 1.23 bits per heavy atom. The van der Waals surface area contributed by atoms with Crippen LogP contribution in [0.25, 0.3) is 0 Å². The summed E-state index contributed by atoms with van der Waals surface area (Å²) in [6.45, 7) is 0. The highest BCUT2D eigenvalue weighted by Gasteiger charge is 2.40. The van der Waals surface area contributed by atoms with E-state index in [2.05, 4.69) is 15.9 Å². The van der Waals surface area contributed by atoms with Gasteiger partial charge < -0.3 is 5.11 Å². The third-order valence-corrected chi connectivity index (χ3v) is 2.06. The molecule has 1 N–H and O–H groups in total. The summed E-state index contributed by atoms with van der Waals surface area (Å²) >= 11 is 3.05. The van der Waals surface area contributed by atoms with Crippen LogP contribution in [0.2, 0.25) is 0 Å². The standard InChI is InChI=1S/C8H6BrF3O/c9-6-3-1-5(2-4-6)8(11,12)7(10)13/h1-4,7,13H. The summed E-state index contributed by atoms with van der Waals surface area (Å²) in [5.41, 5.74) is -0.550. The number of rotatable bonds is 2. The molecule has 1 aromatic rings. The zero-order chi connectivity index (χ0) is 10.1. The predicted molar refractivity (Wildman–Crippen MR) is 45.2 cm³/mol. The smallest absolute Gasteiger partial charge is 0.327 e. The quantitative estimate of drug-likeness (QED) is 0.861. The van der Waals surface area contributed by atoms with Crippen molar-refractivity contribution in [3.8, 4) is 0 Å². The van der Waals surface area contributed by atoms with Crippen molar-refractivity contribution in [2.45, 2.75) is 12.3 Å². The minimum atomic E-state index is -3.85. The minimum absolute atomic E-state index is 0.550. The van der Waals surface area contributed by atoms with Gasteiger partial charge in [0.05, 0.1) is 0 Å². The lowest BCUT2D eigenvalue weighted by Gasteiger charge is -2.16. The lowest BCUT2D eigenvalue weighted by molar-refractivity contribution is -0.174. The SMILES string of the molecule is OC(F)C(F)(F)c1ccc(Br)cc1. The Labute approximate surface area is 81.3 Å². The van der Waals surface area contributed by atoms with Crippen molar-refractivity contribution in [2.75, 3.05) is 0 Å². The molecule has 1 unspecified atom stereocenters. The molecule has 0 aliphatic heterocycles. The van der Waals surface area contributed by atoms with Gasteiger partial charge in [0, 0.05) is 10.0 Å². The Balaban J connectivity index is 3.01. The fraction of sp³-hybridized carbons (Fsp3) is 0.250. The van der Waals surface area contributed by atoms with E-state index in [9.17, 15) is 13.2 Å². The third-order valence-electron chi connectivity index (χ3n) is 1.53. The molecular weight excluding hydrogens is 249 g/mol. The number of hydrogen-bond acceptors (Lipinski definition) is 1. The highest BCUT2D eigenvalue weighted by Crippen LogP contribution is 2.32. The molecule has 0 heterocycles. The first kappa shape index (κ1) is 10.5. The van der Waals surface area contributed by atoms with Gasteiger partial charge in [0.15, 0.2) is 0 Å². The Kier molecular flexibility index (Phi) is 2.98. The van der Waals surface area contributed by atoms with Crippen molar-refractivity contribution < 1.29 is 18.3 Å². The molecule has 1 atom stereocenters. The molecular formula is C8H6BrF3O. The van der Waals surface area contributed by atoms with Gasteiger partial charge in [-0.3, -0.25) is 0 Å². The fourth-order valence-corrected chi connectivity index (χ4v) is 1.07. The van der Waals surface area contributed by atoms with E-state index < -0.39 is 17.8 Å². The summed E-state index contributed by atoms with van der Waals surface area (Å²) in [6.07, 6.45) is -3.17. The Morgan fingerprint density at radius 3 is 2.08 bits per heavy atom. The van der Waals surface area contributed by atoms with E-state index in [1.165, 1.54) is 12.1 Å². The second kappa shape index (κ2) is 3.67. The van der Waals surface area contributed by atoms with E-state index in [0.717, 1.165) is 12.1 Å². The molecule has 1 aromatic carbocycles. The first-order valence-corrected chi connectivity index (χ1v) is 4.20. The molecule has 0 aliphatic rings. The van der Waals surface area contributed by atoms with Gasteiger partial charge >= 0.3 is 5.92 Å². The maximum atomic E-state index is 12.8. The average Bonchev–Trinajstić information content (AvgIpc) is 2.04. The monoisotopic (exact) mass is 254 g/mol. The summed E-state index contributed by atoms with van der Waals surface area (Å²) in [5.74, 6) is -3.85. The average molecular weight is 255 g/mol. The molecule has 0 fully saturated rings. The maximum absolute atomic E-state index is 12.8. The van der Waals surface area contributed by atoms with Gasteiger partial charge in [-0.2, -0.15) is 8.78 Å². The van der Waals surface area contributed by atoms with Crippen molar-refractivity contribution in [3.63, 3.8) is 0 Å². The molecule has 0 amide bonds. The summed E-state index contributed by atoms with van der Waals surface area (Å²) in [6, 6.07) is 4.80. The first-order valence-electron chi connectivity index (χ1n) is 3.40. The summed E-state index contributed by atoms with van der Waals surface area (Å²) in [7, 11) is 0. The molecule has 5 heteroatoms. The second-order valence-corrected chi connectivity index (χ2v) is 3.38. The zero-order valence-corrected chi connectivity index (χ0v) is 7.93. The number of alkyl halides is 3. The topological polar surface area (TPSA) is 20.2 Å². The molecule has 1 rings (SSSR count). The van der Waals surface area contributed by atoms with E-state index in [-0.39, 0.29) is 0 Å². The van der Waals surface area contributed by atoms with Gasteiger partial charge in [0.1, 0.15) is 0 Å². The number of halogens is 4. The Hall–Kier alpha value is -0.550. The normalized spacial score (nSPS) is 14.2. The molecule has 0 aromatic heterocycles. The minimum Gasteiger partial charge on any atom is -0.359 e. The van der Waals surface area contributed by atoms with Crippen molar-refractivity contribution >= 4 is 15.9 Å². The van der Waals surface area contributed by atoms with Crippen LogP contribution in [-0.4, -0.2) is 11.5 Å². The van der Waals surface area contributed by atoms with Crippen LogP contribution in [0, 0.1) is 0 Å². The third kappa shape index (κ3) is 2.22. The van der Waals surface area contributed by atoms with E-state index in [0.29, 0.717) is 4.47 Å². The molecule has 0 saturated carbocycles. The van der Waals surface area contributed by atoms with Gasteiger partial charge in [-0.15, -0.1) is 0 Å². The van der Waals surface area contributed by atoms with Gasteiger partial charge in [-0.05, 0) is 12.1 Å².